The summed E-state index contributed by atoms with van der Waals surface area (Å²) in [7, 11) is 0. The van der Waals surface area contributed by atoms with Gasteiger partial charge in [-0.15, -0.1) is 0 Å². The Morgan fingerprint density at radius 3 is 0.286 bits per heavy atom. The quantitative estimate of drug-likeness (QED) is 0.423. The Morgan fingerprint density at radius 1 is 0.286 bits per heavy atom. The Labute approximate surface area is 48.6 Å². The first-order valence-corrected chi connectivity index (χ1v) is 0. The predicted octanol–water partition coefficient (Wildman–Crippen LogP) is 0.912. The Bertz CT molecular complexity index is 4.14. The second-order valence-corrected chi connectivity index (χ2v) is 0. The molecule has 0 saturated heterocycles. The van der Waals surface area contributed by atoms with Crippen LogP contribution in [-0.4, -0.2) is 0 Å². The van der Waals surface area contributed by atoms with Crippen molar-refractivity contribution in [1.29, 1.82) is 0 Å². The monoisotopic (exact) mass is 223 g/mol. The average molecular weight is 223 g/mol. The summed E-state index contributed by atoms with van der Waals surface area (Å²) < 4.78 is 0. The molecule has 0 aromatic rings. The summed E-state index contributed by atoms with van der Waals surface area (Å²) in [5.41, 5.74) is 0. The van der Waals surface area contributed by atoms with E-state index in [-0.39, 0.29) is 47.7 Å². The van der Waals surface area contributed by atoms with Gasteiger partial charge in [0.05, 0.1) is 0 Å². The van der Waals surface area contributed by atoms with E-state index in [0.717, 1.165) is 0 Å². The SMILES string of the molecule is F.F.F.F.F.F.[Rh]. The first kappa shape index (κ1) is 6700. The molecule has 0 fully saturated rings. The Balaban J connectivity index is 0. The summed E-state index contributed by atoms with van der Waals surface area (Å²) in [4.78, 5) is 0. The molecule has 1 radical (unpaired) electrons. The smallest absolute Gasteiger partial charge is 0 e. The molecule has 0 aromatic carbocycles. The van der Waals surface area contributed by atoms with Crippen LogP contribution in [0.25, 0.3) is 0 Å². The molecule has 0 saturated carbocycles. The van der Waals surface area contributed by atoms with Gasteiger partial charge in [-0.3, -0.25) is 28.2 Å². The first-order valence-electron chi connectivity index (χ1n) is 0. The predicted molar refractivity (Wildman–Crippen MR) is 15.0 cm³/mol. The fourth-order valence-electron chi connectivity index (χ4n) is 0. The van der Waals surface area contributed by atoms with Gasteiger partial charge in [-0.05, 0) is 0 Å². The maximum absolute atomic E-state index is 0. The van der Waals surface area contributed by atoms with Gasteiger partial charge in [0.2, 0.25) is 0 Å². The second-order valence-electron chi connectivity index (χ2n) is 0. The van der Waals surface area contributed by atoms with Gasteiger partial charge < -0.3 is 0 Å². The van der Waals surface area contributed by atoms with Gasteiger partial charge in [0.1, 0.15) is 0 Å². The number of hydrogen-bond acceptors (Lipinski definition) is 0. The average Bonchev–Trinajstić information content (AvgIpc) is 0. The molecule has 0 heterocycles. The van der Waals surface area contributed by atoms with Gasteiger partial charge in [-0.25, -0.2) is 0 Å². The summed E-state index contributed by atoms with van der Waals surface area (Å²) >= 11 is 0. The van der Waals surface area contributed by atoms with Crippen molar-refractivity contribution in [3.8, 4) is 0 Å². The topological polar surface area (TPSA) is 0 Å². The standard InChI is InChI=1S/6FH.Rh/h6*1H;. The number of hydrogen-bond donors (Lipinski definition) is 0. The molecule has 0 aliphatic heterocycles. The van der Waals surface area contributed by atoms with Crippen molar-refractivity contribution >= 4 is 0 Å². The van der Waals surface area contributed by atoms with Crippen molar-refractivity contribution in [2.75, 3.05) is 0 Å². The van der Waals surface area contributed by atoms with Gasteiger partial charge in [-0.1, -0.05) is 0 Å². The van der Waals surface area contributed by atoms with Crippen molar-refractivity contribution in [2.24, 2.45) is 0 Å². The minimum atomic E-state index is 0. The molecule has 0 spiro atoms. The molecule has 7 heteroatoms. The fraction of sp³-hybridized carbons (Fsp3) is 0. The molecular weight excluding hydrogens is 217 g/mol. The van der Waals surface area contributed by atoms with Gasteiger partial charge in [0.25, 0.3) is 0 Å². The third-order valence-corrected chi connectivity index (χ3v) is 0. The van der Waals surface area contributed by atoms with Crippen LogP contribution in [0.15, 0.2) is 0 Å². The third kappa shape index (κ3) is 2650. The van der Waals surface area contributed by atoms with Crippen LogP contribution in [0, 0.1) is 0 Å². The van der Waals surface area contributed by atoms with E-state index in [1.165, 1.54) is 0 Å². The van der Waals surface area contributed by atoms with E-state index in [2.05, 4.69) is 0 Å². The molecule has 0 aromatic heterocycles. The van der Waals surface area contributed by atoms with E-state index in [4.69, 9.17) is 0 Å². The molecule has 0 nitrogen and oxygen atoms in total. The molecule has 0 aliphatic rings. The van der Waals surface area contributed by atoms with Crippen LogP contribution in [0.3, 0.4) is 0 Å². The largest absolute Gasteiger partial charge is 0.269 e. The number of halogens is 6. The van der Waals surface area contributed by atoms with Crippen molar-refractivity contribution in [2.45, 2.75) is 0 Å². The Hall–Kier alpha value is 0.203. The summed E-state index contributed by atoms with van der Waals surface area (Å²) in [6.45, 7) is 0. The van der Waals surface area contributed by atoms with Gasteiger partial charge in [-0.2, -0.15) is 0 Å². The van der Waals surface area contributed by atoms with Gasteiger partial charge in [0.15, 0.2) is 0 Å². The summed E-state index contributed by atoms with van der Waals surface area (Å²) in [5.74, 6) is 0. The minimum absolute atomic E-state index is 0. The maximum Gasteiger partial charge on any atom is 0 e. The van der Waals surface area contributed by atoms with Crippen LogP contribution in [0.5, 0.6) is 0 Å². The normalized spacial score (nSPS) is 0. The molecule has 0 N–H and O–H groups in total. The van der Waals surface area contributed by atoms with Crippen molar-refractivity contribution in [3.05, 3.63) is 0 Å². The van der Waals surface area contributed by atoms with E-state index in [0.29, 0.717) is 0 Å². The fourth-order valence-corrected chi connectivity index (χ4v) is 0. The van der Waals surface area contributed by atoms with Gasteiger partial charge >= 0.3 is 0 Å². The molecule has 7 heavy (non-hydrogen) atoms. The van der Waals surface area contributed by atoms with Gasteiger partial charge in [0, 0.05) is 19.5 Å². The molecule has 0 rings (SSSR count). The number of rotatable bonds is 0. The molecule has 57 valence electrons. The van der Waals surface area contributed by atoms with E-state index >= 15 is 0 Å². The molecule has 0 atom stereocenters. The summed E-state index contributed by atoms with van der Waals surface area (Å²) in [6.07, 6.45) is 0. The van der Waals surface area contributed by atoms with Crippen LogP contribution in [0.4, 0.5) is 28.2 Å². The third-order valence-electron chi connectivity index (χ3n) is 0. The first-order chi connectivity index (χ1) is 0. The van der Waals surface area contributed by atoms with Crippen LogP contribution in [0.1, 0.15) is 0 Å². The molecule has 0 aliphatic carbocycles. The zero-order chi connectivity index (χ0) is 0. The van der Waals surface area contributed by atoms with E-state index in [9.17, 15) is 0 Å². The van der Waals surface area contributed by atoms with Crippen molar-refractivity contribution < 1.29 is 47.7 Å². The van der Waals surface area contributed by atoms with Crippen LogP contribution in [-0.2, 0) is 19.5 Å². The Morgan fingerprint density at radius 2 is 0.286 bits per heavy atom. The molecule has 0 amide bonds. The zero-order valence-corrected chi connectivity index (χ0v) is 4.42. The van der Waals surface area contributed by atoms with Crippen LogP contribution < -0.4 is 0 Å². The zero-order valence-electron chi connectivity index (χ0n) is 2.78. The van der Waals surface area contributed by atoms with Crippen LogP contribution in [0.2, 0.25) is 0 Å². The van der Waals surface area contributed by atoms with E-state index in [1.807, 2.05) is 0 Å². The minimum Gasteiger partial charge on any atom is -0.269 e. The van der Waals surface area contributed by atoms with Crippen LogP contribution >= 0.6 is 0 Å². The van der Waals surface area contributed by atoms with E-state index in [1.54, 1.807) is 0 Å². The molecule has 0 unspecified atom stereocenters. The van der Waals surface area contributed by atoms with Crippen molar-refractivity contribution in [3.63, 3.8) is 0 Å². The van der Waals surface area contributed by atoms with E-state index < -0.39 is 0 Å². The Kier molecular flexibility index (Phi) is 3890000. The molecule has 0 bridgehead atoms. The second kappa shape index (κ2) is 4060. The maximum atomic E-state index is 0. The molecular formula is H6F6Rh. The summed E-state index contributed by atoms with van der Waals surface area (Å²) in [5, 5.41) is 0. The van der Waals surface area contributed by atoms with Crippen molar-refractivity contribution in [1.82, 2.24) is 0 Å². The summed E-state index contributed by atoms with van der Waals surface area (Å²) in [6, 6.07) is 0.